The molecule has 0 aliphatic carbocycles. The molecule has 1 saturated heterocycles. The lowest BCUT2D eigenvalue weighted by Crippen LogP contribution is -2.57. The lowest BCUT2D eigenvalue weighted by atomic mass is 9.85. The molecule has 0 spiro atoms. The standard InChI is InChI=1S/C52H65ClN8O7S2/c1-31-33(3)70-51-45(31)46(36-17-19-38(53)20-18-36)56-40(49-59-58-34(4)61(49)51)27-43(64)54-22-9-8-10-23-67-24-11-25-68-29-44(65)57-48(52(5,6)7)50(66)60-28-39(62)26-41(60)42(63)21-14-35-12-15-37(16-13-35)47-32(2)55-30-69-47/h12-13,15-20,30,39-41,48,62H,8-11,14,21-29H2,1-7H3,(H,54,64)(H,57,65)/t39-,40?,41+,48-/m1/s1. The minimum atomic E-state index is -0.926. The van der Waals surface area contributed by atoms with Gasteiger partial charge in [0.05, 0.1) is 40.4 Å². The number of aromatic nitrogens is 4. The lowest BCUT2D eigenvalue weighted by molar-refractivity contribution is -0.144. The van der Waals surface area contributed by atoms with E-state index in [1.807, 2.05) is 93.2 Å². The molecule has 7 rings (SSSR count). The highest BCUT2D eigenvalue weighted by Gasteiger charge is 2.44. The summed E-state index contributed by atoms with van der Waals surface area (Å²) >= 11 is 9.50. The molecule has 3 amide bonds. The van der Waals surface area contributed by atoms with E-state index in [-0.39, 0.29) is 44.1 Å². The first kappa shape index (κ1) is 52.6. The summed E-state index contributed by atoms with van der Waals surface area (Å²) in [5.41, 5.74) is 8.10. The Morgan fingerprint density at radius 2 is 1.61 bits per heavy atom. The number of aliphatic hydroxyl groups is 1. The number of Topliss-reactive ketones (excluding diaryl/α,β-unsaturated/α-hetero) is 1. The molecule has 2 aliphatic rings. The van der Waals surface area contributed by atoms with Crippen molar-refractivity contribution in [2.45, 2.75) is 124 Å². The zero-order chi connectivity index (χ0) is 50.1. The van der Waals surface area contributed by atoms with E-state index in [0.717, 1.165) is 74.2 Å². The fourth-order valence-electron chi connectivity index (χ4n) is 8.86. The Morgan fingerprint density at radius 3 is 2.33 bits per heavy atom. The van der Waals surface area contributed by atoms with Crippen molar-refractivity contribution in [1.29, 1.82) is 0 Å². The van der Waals surface area contributed by atoms with Gasteiger partial charge in [0.25, 0.3) is 0 Å². The van der Waals surface area contributed by atoms with E-state index in [0.29, 0.717) is 50.1 Å². The summed E-state index contributed by atoms with van der Waals surface area (Å²) in [4.78, 5) is 67.2. The predicted octanol–water partition coefficient (Wildman–Crippen LogP) is 8.03. The Balaban J connectivity index is 0.781. The van der Waals surface area contributed by atoms with Crippen LogP contribution in [0.3, 0.4) is 0 Å². The number of amides is 3. The molecule has 374 valence electrons. The highest BCUT2D eigenvalue weighted by Crippen LogP contribution is 2.40. The molecule has 3 N–H and O–H groups in total. The molecule has 15 nitrogen and oxygen atoms in total. The van der Waals surface area contributed by atoms with E-state index in [2.05, 4.69) is 39.7 Å². The van der Waals surface area contributed by atoms with Gasteiger partial charge in [-0.05, 0) is 94.0 Å². The molecule has 70 heavy (non-hydrogen) atoms. The number of hydrogen-bond acceptors (Lipinski definition) is 13. The number of β-amino-alcohol motifs (C(OH)–C–C–N with tert-alkyl or cyclic N) is 1. The molecule has 1 unspecified atom stereocenters. The van der Waals surface area contributed by atoms with Crippen LogP contribution in [0.25, 0.3) is 15.4 Å². The molecule has 0 radical (unpaired) electrons. The number of rotatable bonds is 22. The van der Waals surface area contributed by atoms with Crippen LogP contribution < -0.4 is 10.6 Å². The first-order valence-electron chi connectivity index (χ1n) is 24.1. The number of thiophene rings is 1. The second kappa shape index (κ2) is 23.8. The maximum Gasteiger partial charge on any atom is 0.246 e. The minimum absolute atomic E-state index is 0.0284. The molecule has 5 aromatic rings. The van der Waals surface area contributed by atoms with E-state index in [9.17, 15) is 24.3 Å². The first-order valence-corrected chi connectivity index (χ1v) is 26.2. The molecule has 18 heteroatoms. The summed E-state index contributed by atoms with van der Waals surface area (Å²) in [6.07, 6.45) is 3.26. The molecule has 2 aliphatic heterocycles. The fraction of sp³-hybridized carbons (Fsp3) is 0.500. The van der Waals surface area contributed by atoms with Crippen molar-refractivity contribution in [3.8, 4) is 15.4 Å². The second-order valence-electron chi connectivity index (χ2n) is 19.2. The number of aryl methyl sites for hydroxylation is 4. The summed E-state index contributed by atoms with van der Waals surface area (Å²) in [6, 6.07) is 13.5. The Morgan fingerprint density at radius 1 is 0.900 bits per heavy atom. The minimum Gasteiger partial charge on any atom is -0.391 e. The lowest BCUT2D eigenvalue weighted by Gasteiger charge is -2.35. The number of carbonyl (C=O) groups is 4. The van der Waals surface area contributed by atoms with E-state index < -0.39 is 41.5 Å². The van der Waals surface area contributed by atoms with Crippen molar-refractivity contribution in [3.63, 3.8) is 0 Å². The smallest absolute Gasteiger partial charge is 0.246 e. The van der Waals surface area contributed by atoms with E-state index in [4.69, 9.17) is 26.1 Å². The number of ketones is 1. The summed E-state index contributed by atoms with van der Waals surface area (Å²) in [6.45, 7) is 15.3. The SMILES string of the molecule is Cc1ncsc1-c1ccc(CCC(=O)[C@@H]2C[C@@H](O)CN2C(=O)[C@@H](NC(=O)COCCCOCCCCCNC(=O)CC2N=C(c3ccc(Cl)cc3)c3c(sc(C)c3C)-n3c(C)nnc32)C(C)(C)C)cc1. The maximum atomic E-state index is 14.0. The highest BCUT2D eigenvalue weighted by atomic mass is 35.5. The average molecular weight is 1010 g/mol. The third-order valence-electron chi connectivity index (χ3n) is 12.8. The summed E-state index contributed by atoms with van der Waals surface area (Å²) in [7, 11) is 0. The van der Waals surface area contributed by atoms with Crippen molar-refractivity contribution >= 4 is 63.5 Å². The van der Waals surface area contributed by atoms with Gasteiger partial charge >= 0.3 is 0 Å². The van der Waals surface area contributed by atoms with Crippen molar-refractivity contribution in [3.05, 3.63) is 104 Å². The Labute approximate surface area is 423 Å². The maximum absolute atomic E-state index is 14.0. The van der Waals surface area contributed by atoms with Crippen LogP contribution in [-0.4, -0.2) is 117 Å². The number of carbonyl (C=O) groups excluding carboxylic acids is 4. The largest absolute Gasteiger partial charge is 0.391 e. The molecule has 5 heterocycles. The van der Waals surface area contributed by atoms with E-state index >= 15 is 0 Å². The molecule has 3 aromatic heterocycles. The number of benzene rings is 2. The Bertz CT molecular complexity index is 2650. The number of nitrogens with one attached hydrogen (secondary N) is 2. The number of likely N-dealkylation sites (tertiary alicyclic amines) is 1. The van der Waals surface area contributed by atoms with Gasteiger partial charge in [-0.1, -0.05) is 68.8 Å². The fourth-order valence-corrected chi connectivity index (χ4v) is 11.0. The molecule has 0 bridgehead atoms. The van der Waals surface area contributed by atoms with Crippen LogP contribution in [0, 0.1) is 33.1 Å². The third-order valence-corrected chi connectivity index (χ3v) is 15.2. The number of fused-ring (bicyclic) bond motifs is 3. The van der Waals surface area contributed by atoms with Gasteiger partial charge in [-0.2, -0.15) is 0 Å². The predicted molar refractivity (Wildman–Crippen MR) is 274 cm³/mol. The number of aliphatic hydroxyl groups excluding tert-OH is 1. The monoisotopic (exact) mass is 1010 g/mol. The molecule has 2 aromatic carbocycles. The molecule has 1 fully saturated rings. The number of hydrogen-bond donors (Lipinski definition) is 3. The van der Waals surface area contributed by atoms with Gasteiger partial charge in [0.15, 0.2) is 11.6 Å². The van der Waals surface area contributed by atoms with Gasteiger partial charge in [0.2, 0.25) is 17.7 Å². The van der Waals surface area contributed by atoms with Crippen LogP contribution in [-0.2, 0) is 35.1 Å². The zero-order valence-corrected chi connectivity index (χ0v) is 43.6. The van der Waals surface area contributed by atoms with Crippen LogP contribution in [0.1, 0.15) is 116 Å². The van der Waals surface area contributed by atoms with Gasteiger partial charge in [-0.3, -0.25) is 28.7 Å². The number of ether oxygens (including phenoxy) is 2. The first-order chi connectivity index (χ1) is 33.5. The number of unbranched alkanes of at least 4 members (excludes halogenated alkanes) is 2. The highest BCUT2D eigenvalue weighted by molar-refractivity contribution is 7.15. The van der Waals surface area contributed by atoms with Crippen LogP contribution in [0.15, 0.2) is 59.0 Å². The molecule has 4 atom stereocenters. The van der Waals surface area contributed by atoms with Gasteiger partial charge in [-0.15, -0.1) is 32.9 Å². The van der Waals surface area contributed by atoms with Crippen molar-refractivity contribution in [2.24, 2.45) is 10.4 Å². The Kier molecular flexibility index (Phi) is 17.9. The number of aliphatic imine (C=N–C) groups is 1. The van der Waals surface area contributed by atoms with Gasteiger partial charge in [0, 0.05) is 66.8 Å². The molecule has 0 saturated carbocycles. The van der Waals surface area contributed by atoms with Gasteiger partial charge in [0.1, 0.15) is 29.5 Å². The summed E-state index contributed by atoms with van der Waals surface area (Å²) < 4.78 is 13.5. The third kappa shape index (κ3) is 13.0. The summed E-state index contributed by atoms with van der Waals surface area (Å²) in [5, 5.41) is 27.0. The van der Waals surface area contributed by atoms with E-state index in [1.54, 1.807) is 22.7 Å². The van der Waals surface area contributed by atoms with Gasteiger partial charge < -0.3 is 30.1 Å². The van der Waals surface area contributed by atoms with Crippen molar-refractivity contribution in [2.75, 3.05) is 39.5 Å². The van der Waals surface area contributed by atoms with Crippen LogP contribution >= 0.6 is 34.3 Å². The quantitative estimate of drug-likeness (QED) is 0.0573. The van der Waals surface area contributed by atoms with Crippen LogP contribution in [0.2, 0.25) is 5.02 Å². The van der Waals surface area contributed by atoms with Crippen LogP contribution in [0.5, 0.6) is 0 Å². The number of nitrogens with zero attached hydrogens (tertiary/aromatic N) is 6. The Hall–Kier alpha value is -5.17. The van der Waals surface area contributed by atoms with E-state index in [1.165, 1.54) is 9.78 Å². The topological polar surface area (TPSA) is 190 Å². The zero-order valence-electron chi connectivity index (χ0n) is 41.2. The average Bonchev–Trinajstić information content (AvgIpc) is 4.09. The van der Waals surface area contributed by atoms with Crippen molar-refractivity contribution < 1.29 is 33.8 Å². The van der Waals surface area contributed by atoms with Gasteiger partial charge in [-0.25, -0.2) is 4.98 Å². The second-order valence-corrected chi connectivity index (χ2v) is 21.7. The summed E-state index contributed by atoms with van der Waals surface area (Å²) in [5.74, 6) is 0.321. The number of halogens is 1. The van der Waals surface area contributed by atoms with Crippen LogP contribution in [0.4, 0.5) is 0 Å². The normalized spacial score (nSPS) is 17.1. The van der Waals surface area contributed by atoms with Crippen molar-refractivity contribution in [1.82, 2.24) is 35.3 Å². The molecular weight excluding hydrogens is 948 g/mol. The number of thiazole rings is 1. The molecular formula is C52H65ClN8O7S2.